The molecular weight excluding hydrogens is 354 g/mol. The van der Waals surface area contributed by atoms with E-state index in [1.165, 1.54) is 6.33 Å². The van der Waals surface area contributed by atoms with Gasteiger partial charge in [-0.25, -0.2) is 19.3 Å². The van der Waals surface area contributed by atoms with Crippen LogP contribution in [0.5, 0.6) is 0 Å². The van der Waals surface area contributed by atoms with Crippen LogP contribution in [0.4, 0.5) is 0 Å². The summed E-state index contributed by atoms with van der Waals surface area (Å²) in [5, 5.41) is 11.4. The Hall–Kier alpha value is -3.81. The third kappa shape index (κ3) is 4.12. The van der Waals surface area contributed by atoms with Gasteiger partial charge in [0.15, 0.2) is 5.82 Å². The molecule has 0 radical (unpaired) electrons. The number of para-hydroxylation sites is 1. The molecule has 8 heteroatoms. The minimum Gasteiger partial charge on any atom is -0.352 e. The number of aromatic nitrogens is 6. The second-order valence-electron chi connectivity index (χ2n) is 6.23. The molecule has 0 saturated carbocycles. The van der Waals surface area contributed by atoms with Crippen molar-refractivity contribution in [2.45, 2.75) is 19.4 Å². The number of aryl methyl sites for hydroxylation is 1. The predicted octanol–water partition coefficient (Wildman–Crippen LogP) is 2.10. The molecule has 8 nitrogen and oxygen atoms in total. The number of nitrogens with zero attached hydrogens (tertiary/aromatic N) is 6. The van der Waals surface area contributed by atoms with E-state index in [0.717, 1.165) is 16.8 Å². The van der Waals surface area contributed by atoms with Crippen LogP contribution in [0, 0.1) is 0 Å². The van der Waals surface area contributed by atoms with Crippen LogP contribution in [0.2, 0.25) is 0 Å². The number of rotatable bonds is 7. The Morgan fingerprint density at radius 2 is 1.93 bits per heavy atom. The quantitative estimate of drug-likeness (QED) is 0.536. The number of carbonyl (C=O) groups excluding carboxylic acids is 1. The highest BCUT2D eigenvalue weighted by Gasteiger charge is 2.09. The normalized spacial score (nSPS) is 10.7. The summed E-state index contributed by atoms with van der Waals surface area (Å²) in [6.45, 7) is 0.380. The van der Waals surface area contributed by atoms with Crippen LogP contribution in [0.3, 0.4) is 0 Å². The molecule has 1 amide bonds. The molecule has 1 aromatic carbocycles. The lowest BCUT2D eigenvalue weighted by Gasteiger charge is -2.09. The second-order valence-corrected chi connectivity index (χ2v) is 6.23. The van der Waals surface area contributed by atoms with Crippen LogP contribution >= 0.6 is 0 Å². The molecule has 0 atom stereocenters. The van der Waals surface area contributed by atoms with Gasteiger partial charge in [-0.15, -0.1) is 0 Å². The van der Waals surface area contributed by atoms with Gasteiger partial charge in [-0.1, -0.05) is 24.3 Å². The zero-order chi connectivity index (χ0) is 19.2. The van der Waals surface area contributed by atoms with Gasteiger partial charge >= 0.3 is 0 Å². The van der Waals surface area contributed by atoms with Gasteiger partial charge in [0.1, 0.15) is 12.7 Å². The van der Waals surface area contributed by atoms with Gasteiger partial charge in [-0.2, -0.15) is 10.2 Å². The van der Waals surface area contributed by atoms with Crippen LogP contribution in [0.15, 0.2) is 73.7 Å². The van der Waals surface area contributed by atoms with Crippen LogP contribution in [0.25, 0.3) is 11.5 Å². The fourth-order valence-corrected chi connectivity index (χ4v) is 2.84. The Balaban J connectivity index is 1.32. The molecule has 0 bridgehead atoms. The molecule has 4 aromatic rings. The van der Waals surface area contributed by atoms with Gasteiger partial charge in [-0.05, 0) is 30.2 Å². The molecule has 3 aromatic heterocycles. The van der Waals surface area contributed by atoms with E-state index in [1.807, 2.05) is 53.3 Å². The Labute approximate surface area is 161 Å². The summed E-state index contributed by atoms with van der Waals surface area (Å²) in [4.78, 5) is 20.5. The lowest BCUT2D eigenvalue weighted by atomic mass is 10.2. The van der Waals surface area contributed by atoms with Crippen molar-refractivity contribution in [3.05, 3.63) is 84.8 Å². The summed E-state index contributed by atoms with van der Waals surface area (Å²) in [6.07, 6.45) is 9.48. The molecule has 0 fully saturated rings. The van der Waals surface area contributed by atoms with E-state index in [0.29, 0.717) is 25.2 Å². The van der Waals surface area contributed by atoms with Crippen LogP contribution in [0.1, 0.15) is 17.5 Å². The summed E-state index contributed by atoms with van der Waals surface area (Å²) in [6, 6.07) is 13.6. The number of carbonyl (C=O) groups is 1. The molecule has 28 heavy (non-hydrogen) atoms. The largest absolute Gasteiger partial charge is 0.352 e. The minimum absolute atomic E-state index is 0.0270. The van der Waals surface area contributed by atoms with Gasteiger partial charge < -0.3 is 5.32 Å². The molecule has 0 saturated heterocycles. The highest BCUT2D eigenvalue weighted by molar-refractivity contribution is 5.76. The summed E-state index contributed by atoms with van der Waals surface area (Å²) in [7, 11) is 0. The molecule has 0 aliphatic heterocycles. The van der Waals surface area contributed by atoms with E-state index in [-0.39, 0.29) is 5.91 Å². The summed E-state index contributed by atoms with van der Waals surface area (Å²) in [5.74, 6) is 0.630. The van der Waals surface area contributed by atoms with Crippen molar-refractivity contribution in [3.8, 4) is 11.5 Å². The van der Waals surface area contributed by atoms with E-state index in [1.54, 1.807) is 23.4 Å². The first-order chi connectivity index (χ1) is 13.8. The maximum Gasteiger partial charge on any atom is 0.220 e. The maximum atomic E-state index is 12.3. The number of benzene rings is 1. The van der Waals surface area contributed by atoms with Gasteiger partial charge in [0, 0.05) is 30.9 Å². The van der Waals surface area contributed by atoms with E-state index < -0.39 is 0 Å². The topological polar surface area (TPSA) is 90.5 Å². The number of hydrogen-bond donors (Lipinski definition) is 1. The smallest absolute Gasteiger partial charge is 0.220 e. The first-order valence-corrected chi connectivity index (χ1v) is 8.94. The van der Waals surface area contributed by atoms with Crippen molar-refractivity contribution in [3.63, 3.8) is 0 Å². The molecule has 4 rings (SSSR count). The van der Waals surface area contributed by atoms with Crippen LogP contribution < -0.4 is 5.32 Å². The monoisotopic (exact) mass is 373 g/mol. The fraction of sp³-hybridized carbons (Fsp3) is 0.150. The molecule has 140 valence electrons. The highest BCUT2D eigenvalue weighted by atomic mass is 16.1. The van der Waals surface area contributed by atoms with Gasteiger partial charge in [0.2, 0.25) is 5.91 Å². The van der Waals surface area contributed by atoms with Crippen molar-refractivity contribution in [2.24, 2.45) is 0 Å². The number of pyridine rings is 1. The van der Waals surface area contributed by atoms with Crippen molar-refractivity contribution in [1.82, 2.24) is 34.8 Å². The Kier molecular flexibility index (Phi) is 5.19. The van der Waals surface area contributed by atoms with E-state index in [4.69, 9.17) is 0 Å². The SMILES string of the molecule is O=C(CCc1cnn(-c2ccccc2)c1)NCc1cccnc1-n1cncn1. The van der Waals surface area contributed by atoms with E-state index in [2.05, 4.69) is 25.5 Å². The Morgan fingerprint density at radius 1 is 1.04 bits per heavy atom. The molecule has 1 N–H and O–H groups in total. The zero-order valence-corrected chi connectivity index (χ0v) is 15.1. The standard InChI is InChI=1S/C20H19N7O/c28-19(9-8-16-11-24-26(13-16)18-6-2-1-3-7-18)23-12-17-5-4-10-22-20(17)27-15-21-14-25-27/h1-7,10-11,13-15H,8-9,12H2,(H,23,28). The average Bonchev–Trinajstić information content (AvgIpc) is 3.44. The lowest BCUT2D eigenvalue weighted by Crippen LogP contribution is -2.24. The maximum absolute atomic E-state index is 12.3. The van der Waals surface area contributed by atoms with Crippen molar-refractivity contribution < 1.29 is 4.79 Å². The third-order valence-corrected chi connectivity index (χ3v) is 4.28. The molecule has 0 aliphatic carbocycles. The van der Waals surface area contributed by atoms with Crippen molar-refractivity contribution in [2.75, 3.05) is 0 Å². The fourth-order valence-electron chi connectivity index (χ4n) is 2.84. The second kappa shape index (κ2) is 8.26. The number of hydrogen-bond acceptors (Lipinski definition) is 5. The summed E-state index contributed by atoms with van der Waals surface area (Å²) >= 11 is 0. The lowest BCUT2D eigenvalue weighted by molar-refractivity contribution is -0.121. The van der Waals surface area contributed by atoms with Crippen LogP contribution in [-0.4, -0.2) is 35.4 Å². The molecular formula is C20H19N7O. The number of nitrogens with one attached hydrogen (secondary N) is 1. The van der Waals surface area contributed by atoms with Crippen LogP contribution in [-0.2, 0) is 17.8 Å². The van der Waals surface area contributed by atoms with E-state index >= 15 is 0 Å². The predicted molar refractivity (Wildman–Crippen MR) is 103 cm³/mol. The first kappa shape index (κ1) is 17.6. The Bertz CT molecular complexity index is 1040. The number of amides is 1. The third-order valence-electron chi connectivity index (χ3n) is 4.28. The summed E-state index contributed by atoms with van der Waals surface area (Å²) in [5.41, 5.74) is 2.89. The Morgan fingerprint density at radius 3 is 2.75 bits per heavy atom. The van der Waals surface area contributed by atoms with Gasteiger partial charge in [0.25, 0.3) is 0 Å². The minimum atomic E-state index is -0.0270. The first-order valence-electron chi connectivity index (χ1n) is 8.94. The highest BCUT2D eigenvalue weighted by Crippen LogP contribution is 2.11. The molecule has 3 heterocycles. The average molecular weight is 373 g/mol. The molecule has 0 unspecified atom stereocenters. The van der Waals surface area contributed by atoms with Crippen molar-refractivity contribution in [1.29, 1.82) is 0 Å². The van der Waals surface area contributed by atoms with Gasteiger partial charge in [0.05, 0.1) is 11.9 Å². The molecule has 0 spiro atoms. The molecule has 0 aliphatic rings. The van der Waals surface area contributed by atoms with Gasteiger partial charge in [-0.3, -0.25) is 4.79 Å². The van der Waals surface area contributed by atoms with Crippen molar-refractivity contribution >= 4 is 5.91 Å². The van der Waals surface area contributed by atoms with E-state index in [9.17, 15) is 4.79 Å². The summed E-state index contributed by atoms with van der Waals surface area (Å²) < 4.78 is 3.40. The zero-order valence-electron chi connectivity index (χ0n) is 15.1.